The third-order valence-corrected chi connectivity index (χ3v) is 7.91. The van der Waals surface area contributed by atoms with Gasteiger partial charge in [0.2, 0.25) is 10.0 Å². The van der Waals surface area contributed by atoms with Gasteiger partial charge in [-0.15, -0.1) is 11.3 Å². The lowest BCUT2D eigenvalue weighted by Gasteiger charge is -2.28. The Hall–Kier alpha value is -3.38. The number of hydrogen-bond acceptors (Lipinski definition) is 8. The Morgan fingerprint density at radius 3 is 2.81 bits per heavy atom. The minimum atomic E-state index is -3.27. The molecule has 0 aliphatic carbocycles. The van der Waals surface area contributed by atoms with Crippen molar-refractivity contribution in [3.8, 4) is 21.8 Å². The number of hydrogen-bond donors (Lipinski definition) is 2. The molecule has 2 N–H and O–H groups in total. The van der Waals surface area contributed by atoms with Gasteiger partial charge in [-0.1, -0.05) is 18.2 Å². The highest BCUT2D eigenvalue weighted by atomic mass is 32.2. The monoisotopic (exact) mass is 520 g/mol. The van der Waals surface area contributed by atoms with Crippen molar-refractivity contribution >= 4 is 48.4 Å². The van der Waals surface area contributed by atoms with Crippen LogP contribution in [0, 0.1) is 0 Å². The number of aromatic nitrogens is 4. The van der Waals surface area contributed by atoms with Gasteiger partial charge in [0, 0.05) is 47.9 Å². The van der Waals surface area contributed by atoms with E-state index >= 15 is 0 Å². The number of morpholine rings is 1. The summed E-state index contributed by atoms with van der Waals surface area (Å²) in [6.07, 6.45) is 4.83. The highest BCUT2D eigenvalue weighted by Gasteiger charge is 2.21. The van der Waals surface area contributed by atoms with Crippen molar-refractivity contribution in [3.05, 3.63) is 60.4 Å². The molecule has 0 unspecified atom stereocenters. The number of anilines is 1. The molecule has 4 aromatic heterocycles. The highest BCUT2D eigenvalue weighted by Crippen LogP contribution is 2.39. The van der Waals surface area contributed by atoms with Crippen LogP contribution in [0.3, 0.4) is 0 Å². The van der Waals surface area contributed by atoms with Crippen molar-refractivity contribution in [1.82, 2.24) is 24.7 Å². The van der Waals surface area contributed by atoms with Gasteiger partial charge in [-0.25, -0.2) is 28.1 Å². The summed E-state index contributed by atoms with van der Waals surface area (Å²) in [5.41, 5.74) is 4.46. The molecule has 0 saturated carbocycles. The molecule has 0 amide bonds. The van der Waals surface area contributed by atoms with Crippen LogP contribution in [-0.2, 0) is 21.3 Å². The lowest BCUT2D eigenvalue weighted by Crippen LogP contribution is -2.36. The van der Waals surface area contributed by atoms with Crippen molar-refractivity contribution in [1.29, 1.82) is 0 Å². The molecule has 5 aromatic rings. The number of sulfonamides is 1. The van der Waals surface area contributed by atoms with E-state index in [4.69, 9.17) is 14.7 Å². The van der Waals surface area contributed by atoms with Crippen molar-refractivity contribution in [2.45, 2.75) is 6.54 Å². The summed E-state index contributed by atoms with van der Waals surface area (Å²) in [6.45, 7) is 3.09. The fraction of sp³-hybridized carbons (Fsp3) is 0.240. The summed E-state index contributed by atoms with van der Waals surface area (Å²) in [4.78, 5) is 20.9. The number of thiophene rings is 1. The van der Waals surface area contributed by atoms with Crippen LogP contribution >= 0.6 is 11.3 Å². The smallest absolute Gasteiger partial charge is 0.209 e. The predicted octanol–water partition coefficient (Wildman–Crippen LogP) is 3.79. The van der Waals surface area contributed by atoms with Gasteiger partial charge in [0.15, 0.2) is 11.6 Å². The minimum absolute atomic E-state index is 0.245. The molecule has 5 heterocycles. The number of benzene rings is 1. The largest absolute Gasteiger partial charge is 0.378 e. The van der Waals surface area contributed by atoms with E-state index in [9.17, 15) is 8.42 Å². The zero-order valence-corrected chi connectivity index (χ0v) is 21.2. The first-order valence-electron chi connectivity index (χ1n) is 11.5. The molecule has 1 saturated heterocycles. The number of aromatic amines is 1. The molecule has 1 aliphatic rings. The van der Waals surface area contributed by atoms with Gasteiger partial charge >= 0.3 is 0 Å². The van der Waals surface area contributed by atoms with E-state index in [-0.39, 0.29) is 6.54 Å². The third kappa shape index (κ3) is 4.70. The first-order chi connectivity index (χ1) is 17.4. The Bertz CT molecular complexity index is 1670. The zero-order chi connectivity index (χ0) is 24.7. The van der Waals surface area contributed by atoms with Gasteiger partial charge < -0.3 is 14.6 Å². The molecule has 184 valence electrons. The number of rotatable bonds is 6. The summed E-state index contributed by atoms with van der Waals surface area (Å²) in [6, 6.07) is 14.0. The quantitative estimate of drug-likeness (QED) is 0.350. The molecule has 1 fully saturated rings. The molecule has 0 radical (unpaired) electrons. The maximum atomic E-state index is 11.5. The first-order valence-corrected chi connectivity index (χ1v) is 14.3. The summed E-state index contributed by atoms with van der Waals surface area (Å²) < 4.78 is 32.2. The van der Waals surface area contributed by atoms with Gasteiger partial charge in [0.05, 0.1) is 29.7 Å². The number of ether oxygens (including phenoxy) is 1. The minimum Gasteiger partial charge on any atom is -0.378 e. The maximum absolute atomic E-state index is 11.5. The van der Waals surface area contributed by atoms with Crippen LogP contribution in [0.4, 0.5) is 5.82 Å². The fourth-order valence-electron chi connectivity index (χ4n) is 4.29. The average molecular weight is 521 g/mol. The number of H-pyrrole nitrogens is 1. The van der Waals surface area contributed by atoms with E-state index in [0.29, 0.717) is 19.0 Å². The summed E-state index contributed by atoms with van der Waals surface area (Å²) in [7, 11) is -3.27. The molecule has 1 aromatic carbocycles. The number of nitrogens with zero attached hydrogens (tertiary/aromatic N) is 4. The number of pyridine rings is 1. The number of fused-ring (bicyclic) bond motifs is 2. The molecule has 1 aliphatic heterocycles. The fourth-order valence-corrected chi connectivity index (χ4v) is 5.83. The van der Waals surface area contributed by atoms with Gasteiger partial charge in [-0.3, -0.25) is 0 Å². The Morgan fingerprint density at radius 1 is 1.11 bits per heavy atom. The lowest BCUT2D eigenvalue weighted by molar-refractivity contribution is 0.122. The molecule has 36 heavy (non-hydrogen) atoms. The Morgan fingerprint density at radius 2 is 1.97 bits per heavy atom. The Balaban J connectivity index is 1.44. The van der Waals surface area contributed by atoms with Crippen molar-refractivity contribution in [3.63, 3.8) is 0 Å². The standard InChI is InChI=1S/C25H24N6O3S2/c1-36(32,33)28-14-16-3-2-4-17(11-16)21-13-20-22(35-21)25(31-7-9-34-10-8-31)30-24(29-20)19-12-18-5-6-26-23(18)27-15-19/h2-6,11-13,15,28H,7-10,14H2,1H3,(H,26,27). The molecule has 0 atom stereocenters. The predicted molar refractivity (Wildman–Crippen MR) is 143 cm³/mol. The normalized spacial score (nSPS) is 14.6. The lowest BCUT2D eigenvalue weighted by atomic mass is 10.1. The van der Waals surface area contributed by atoms with Crippen molar-refractivity contribution in [2.24, 2.45) is 0 Å². The van der Waals surface area contributed by atoms with Crippen LogP contribution in [0.1, 0.15) is 5.56 Å². The molecule has 9 nitrogen and oxygen atoms in total. The molecule has 0 spiro atoms. The molecule has 6 rings (SSSR count). The van der Waals surface area contributed by atoms with Crippen LogP contribution in [0.2, 0.25) is 0 Å². The first kappa shape index (κ1) is 23.0. The molecular formula is C25H24N6O3S2. The molecule has 0 bridgehead atoms. The second kappa shape index (κ2) is 9.25. The SMILES string of the molecule is CS(=O)(=O)NCc1cccc(-c2cc3nc(-c4cnc5[nH]ccc5c4)nc(N4CCOCC4)c3s2)c1. The highest BCUT2D eigenvalue weighted by molar-refractivity contribution is 7.88. The van der Waals surface area contributed by atoms with Crippen LogP contribution < -0.4 is 9.62 Å². The summed E-state index contributed by atoms with van der Waals surface area (Å²) in [5, 5.41) is 1.01. The van der Waals surface area contributed by atoms with E-state index in [1.807, 2.05) is 36.5 Å². The average Bonchev–Trinajstić information content (AvgIpc) is 3.54. The Kier molecular flexibility index (Phi) is 5.92. The zero-order valence-electron chi connectivity index (χ0n) is 19.6. The molecular weight excluding hydrogens is 496 g/mol. The Labute approximate surface area is 212 Å². The second-order valence-corrected chi connectivity index (χ2v) is 11.6. The molecule has 11 heteroatoms. The number of nitrogens with one attached hydrogen (secondary N) is 2. The maximum Gasteiger partial charge on any atom is 0.209 e. The van der Waals surface area contributed by atoms with E-state index in [1.54, 1.807) is 17.5 Å². The van der Waals surface area contributed by atoms with E-state index in [1.165, 1.54) is 0 Å². The topological polar surface area (TPSA) is 113 Å². The van der Waals surface area contributed by atoms with E-state index < -0.39 is 10.0 Å². The van der Waals surface area contributed by atoms with E-state index in [2.05, 4.69) is 31.7 Å². The summed E-state index contributed by atoms with van der Waals surface area (Å²) >= 11 is 1.64. The van der Waals surface area contributed by atoms with Crippen LogP contribution in [-0.4, -0.2) is 60.9 Å². The van der Waals surface area contributed by atoms with E-state index in [0.717, 1.165) is 68.0 Å². The van der Waals surface area contributed by atoms with Gasteiger partial charge in [-0.05, 0) is 35.4 Å². The summed E-state index contributed by atoms with van der Waals surface area (Å²) in [5.74, 6) is 1.54. The second-order valence-electron chi connectivity index (χ2n) is 8.73. The van der Waals surface area contributed by atoms with Gasteiger partial charge in [-0.2, -0.15) is 0 Å². The third-order valence-electron chi connectivity index (χ3n) is 6.07. The van der Waals surface area contributed by atoms with Crippen LogP contribution in [0.15, 0.2) is 54.9 Å². The van der Waals surface area contributed by atoms with Crippen molar-refractivity contribution in [2.75, 3.05) is 37.5 Å². The van der Waals surface area contributed by atoms with Crippen molar-refractivity contribution < 1.29 is 13.2 Å². The van der Waals surface area contributed by atoms with Crippen LogP contribution in [0.25, 0.3) is 43.1 Å². The van der Waals surface area contributed by atoms with Gasteiger partial charge in [0.1, 0.15) is 5.65 Å². The van der Waals surface area contributed by atoms with Crippen LogP contribution in [0.5, 0.6) is 0 Å². The van der Waals surface area contributed by atoms with Gasteiger partial charge in [0.25, 0.3) is 0 Å².